The molecule has 0 aliphatic rings. The maximum atomic E-state index is 11.8. The van der Waals surface area contributed by atoms with Gasteiger partial charge in [-0.1, -0.05) is 44.2 Å². The maximum Gasteiger partial charge on any atom is 0.307 e. The number of hydrogen-bond donors (Lipinski definition) is 1. The molecule has 0 fully saturated rings. The Kier molecular flexibility index (Phi) is 4.71. The number of hydrazone groups is 1. The molecule has 104 valence electrons. The van der Waals surface area contributed by atoms with E-state index in [1.54, 1.807) is 12.1 Å². The fourth-order valence-corrected chi connectivity index (χ4v) is 1.83. The first kappa shape index (κ1) is 14.1. The summed E-state index contributed by atoms with van der Waals surface area (Å²) >= 11 is 0. The van der Waals surface area contributed by atoms with Crippen LogP contribution in [0.3, 0.4) is 0 Å². The molecule has 4 heteroatoms. The van der Waals surface area contributed by atoms with Crippen molar-refractivity contribution in [2.75, 3.05) is 0 Å². The van der Waals surface area contributed by atoms with Gasteiger partial charge in [-0.05, 0) is 30.0 Å². The number of furan rings is 1. The largest absolute Gasteiger partial charge is 0.459 e. The Bertz CT molecular complexity index is 572. The normalized spacial score (nSPS) is 11.7. The third-order valence-corrected chi connectivity index (χ3v) is 2.75. The van der Waals surface area contributed by atoms with Crippen molar-refractivity contribution < 1.29 is 9.21 Å². The number of amides is 1. The number of benzene rings is 1. The van der Waals surface area contributed by atoms with E-state index in [0.29, 0.717) is 5.92 Å². The Morgan fingerprint density at radius 1 is 1.20 bits per heavy atom. The van der Waals surface area contributed by atoms with E-state index in [0.717, 1.165) is 17.7 Å². The van der Waals surface area contributed by atoms with E-state index in [4.69, 9.17) is 4.42 Å². The van der Waals surface area contributed by atoms with E-state index >= 15 is 0 Å². The van der Waals surface area contributed by atoms with Crippen LogP contribution in [-0.2, 0) is 0 Å². The lowest BCUT2D eigenvalue weighted by Gasteiger charge is -2.09. The molecule has 0 unspecified atom stereocenters. The molecule has 1 aromatic heterocycles. The molecular formula is C16H18N2O2. The lowest BCUT2D eigenvalue weighted by molar-refractivity contribution is 0.0927. The lowest BCUT2D eigenvalue weighted by atomic mass is 10.0. The minimum Gasteiger partial charge on any atom is -0.459 e. The van der Waals surface area contributed by atoms with Crippen LogP contribution in [0.2, 0.25) is 0 Å². The smallest absolute Gasteiger partial charge is 0.307 e. The summed E-state index contributed by atoms with van der Waals surface area (Å²) in [5, 5.41) is 4.25. The van der Waals surface area contributed by atoms with Gasteiger partial charge in [0.15, 0.2) is 5.76 Å². The minimum atomic E-state index is -0.341. The topological polar surface area (TPSA) is 54.6 Å². The van der Waals surface area contributed by atoms with Crippen LogP contribution in [-0.4, -0.2) is 11.6 Å². The van der Waals surface area contributed by atoms with Crippen LogP contribution in [0.4, 0.5) is 0 Å². The molecule has 0 saturated heterocycles. The van der Waals surface area contributed by atoms with Gasteiger partial charge in [0.05, 0.1) is 12.0 Å². The van der Waals surface area contributed by atoms with Crippen molar-refractivity contribution in [3.8, 4) is 0 Å². The summed E-state index contributed by atoms with van der Waals surface area (Å²) in [5.74, 6) is 0.368. The fourth-order valence-electron chi connectivity index (χ4n) is 1.83. The molecule has 1 aromatic carbocycles. The van der Waals surface area contributed by atoms with Crippen LogP contribution in [0.25, 0.3) is 0 Å². The van der Waals surface area contributed by atoms with Crippen LogP contribution in [0.15, 0.2) is 58.2 Å². The van der Waals surface area contributed by atoms with E-state index in [9.17, 15) is 4.79 Å². The molecule has 20 heavy (non-hydrogen) atoms. The van der Waals surface area contributed by atoms with E-state index in [-0.39, 0.29) is 11.7 Å². The van der Waals surface area contributed by atoms with Crippen LogP contribution in [0.5, 0.6) is 0 Å². The first-order valence-electron chi connectivity index (χ1n) is 6.62. The number of hydrogen-bond acceptors (Lipinski definition) is 3. The molecular weight excluding hydrogens is 252 g/mol. The summed E-state index contributed by atoms with van der Waals surface area (Å²) in [6.07, 6.45) is 2.26. The summed E-state index contributed by atoms with van der Waals surface area (Å²) in [6.45, 7) is 4.24. The molecule has 0 spiro atoms. The maximum absolute atomic E-state index is 11.8. The van der Waals surface area contributed by atoms with Crippen molar-refractivity contribution in [3.63, 3.8) is 0 Å². The molecule has 1 N–H and O–H groups in total. The van der Waals surface area contributed by atoms with Gasteiger partial charge in [0.2, 0.25) is 0 Å². The first-order valence-corrected chi connectivity index (χ1v) is 6.62. The Morgan fingerprint density at radius 3 is 2.55 bits per heavy atom. The second kappa shape index (κ2) is 6.70. The second-order valence-electron chi connectivity index (χ2n) is 4.94. The van der Waals surface area contributed by atoms with Crippen LogP contribution in [0, 0.1) is 5.92 Å². The van der Waals surface area contributed by atoms with Gasteiger partial charge in [0.1, 0.15) is 0 Å². The van der Waals surface area contributed by atoms with Gasteiger partial charge < -0.3 is 4.42 Å². The summed E-state index contributed by atoms with van der Waals surface area (Å²) in [7, 11) is 0. The number of nitrogens with zero attached hydrogens (tertiary/aromatic N) is 1. The van der Waals surface area contributed by atoms with E-state index in [1.165, 1.54) is 6.26 Å². The predicted molar refractivity (Wildman–Crippen MR) is 78.6 cm³/mol. The van der Waals surface area contributed by atoms with Crippen molar-refractivity contribution in [2.45, 2.75) is 20.3 Å². The Hall–Kier alpha value is -2.36. The molecule has 0 radical (unpaired) electrons. The Balaban J connectivity index is 2.14. The quantitative estimate of drug-likeness (QED) is 0.668. The zero-order valence-corrected chi connectivity index (χ0v) is 11.7. The number of rotatable bonds is 5. The number of nitrogens with one attached hydrogen (secondary N) is 1. The molecule has 0 saturated carbocycles. The standard InChI is InChI=1S/C16H18N2O2/c1-12(2)11-14(13-7-4-3-5-8-13)17-18-16(19)15-9-6-10-20-15/h3-10,12H,11H2,1-2H3,(H,18,19)/b17-14+. The average Bonchev–Trinajstić information content (AvgIpc) is 2.98. The van der Waals surface area contributed by atoms with Crippen molar-refractivity contribution in [1.29, 1.82) is 0 Å². The fraction of sp³-hybridized carbons (Fsp3) is 0.250. The summed E-state index contributed by atoms with van der Waals surface area (Å²) in [4.78, 5) is 11.8. The Labute approximate surface area is 118 Å². The van der Waals surface area contributed by atoms with Crippen molar-refractivity contribution in [1.82, 2.24) is 5.43 Å². The van der Waals surface area contributed by atoms with Crippen LogP contribution in [0.1, 0.15) is 36.4 Å². The van der Waals surface area contributed by atoms with Crippen molar-refractivity contribution >= 4 is 11.6 Å². The average molecular weight is 270 g/mol. The predicted octanol–water partition coefficient (Wildman–Crippen LogP) is 3.46. The highest BCUT2D eigenvalue weighted by Crippen LogP contribution is 2.10. The van der Waals surface area contributed by atoms with Gasteiger partial charge in [-0.15, -0.1) is 0 Å². The van der Waals surface area contributed by atoms with Gasteiger partial charge >= 0.3 is 5.91 Å². The van der Waals surface area contributed by atoms with Crippen molar-refractivity contribution in [2.24, 2.45) is 11.0 Å². The second-order valence-corrected chi connectivity index (χ2v) is 4.94. The highest BCUT2D eigenvalue weighted by atomic mass is 16.3. The minimum absolute atomic E-state index is 0.255. The SMILES string of the molecule is CC(C)C/C(=N\NC(=O)c1ccco1)c1ccccc1. The van der Waals surface area contributed by atoms with Gasteiger partial charge in [-0.3, -0.25) is 4.79 Å². The first-order chi connectivity index (χ1) is 9.66. The highest BCUT2D eigenvalue weighted by Gasteiger charge is 2.10. The monoisotopic (exact) mass is 270 g/mol. The molecule has 0 bridgehead atoms. The van der Waals surface area contributed by atoms with Gasteiger partial charge in [-0.25, -0.2) is 5.43 Å². The zero-order chi connectivity index (χ0) is 14.4. The summed E-state index contributed by atoms with van der Waals surface area (Å²) < 4.78 is 5.03. The Morgan fingerprint density at radius 2 is 1.95 bits per heavy atom. The summed E-state index contributed by atoms with van der Waals surface area (Å²) in [6, 6.07) is 13.1. The molecule has 2 aromatic rings. The number of carbonyl (C=O) groups excluding carboxylic acids is 1. The highest BCUT2D eigenvalue weighted by molar-refractivity contribution is 6.02. The van der Waals surface area contributed by atoms with Gasteiger partial charge in [0, 0.05) is 0 Å². The molecule has 4 nitrogen and oxygen atoms in total. The van der Waals surface area contributed by atoms with Gasteiger partial charge in [-0.2, -0.15) is 5.10 Å². The van der Waals surface area contributed by atoms with Crippen LogP contribution >= 0.6 is 0 Å². The third-order valence-electron chi connectivity index (χ3n) is 2.75. The van der Waals surface area contributed by atoms with E-state index in [1.807, 2.05) is 30.3 Å². The van der Waals surface area contributed by atoms with E-state index in [2.05, 4.69) is 24.4 Å². The third kappa shape index (κ3) is 3.82. The molecule has 0 atom stereocenters. The lowest BCUT2D eigenvalue weighted by Crippen LogP contribution is -2.20. The summed E-state index contributed by atoms with van der Waals surface area (Å²) in [5.41, 5.74) is 4.42. The van der Waals surface area contributed by atoms with E-state index < -0.39 is 0 Å². The molecule has 2 rings (SSSR count). The van der Waals surface area contributed by atoms with Crippen molar-refractivity contribution in [3.05, 3.63) is 60.1 Å². The molecule has 1 amide bonds. The number of carbonyl (C=O) groups is 1. The van der Waals surface area contributed by atoms with Gasteiger partial charge in [0.25, 0.3) is 0 Å². The zero-order valence-electron chi connectivity index (χ0n) is 11.7. The molecule has 0 aliphatic heterocycles. The van der Waals surface area contributed by atoms with Crippen LogP contribution < -0.4 is 5.43 Å². The molecule has 1 heterocycles. The molecule has 0 aliphatic carbocycles.